The number of nitrogens with zero attached hydrogens (tertiary/aromatic N) is 1. The quantitative estimate of drug-likeness (QED) is 0.541. The van der Waals surface area contributed by atoms with Crippen LogP contribution in [-0.2, 0) is 15.9 Å². The molecular formula is C24H23NO4. The number of oxazole rings is 1. The summed E-state index contributed by atoms with van der Waals surface area (Å²) in [5.41, 5.74) is 3.46. The Bertz CT molecular complexity index is 983. The van der Waals surface area contributed by atoms with Crippen molar-refractivity contribution in [3.8, 4) is 11.5 Å². The van der Waals surface area contributed by atoms with Crippen molar-refractivity contribution in [1.29, 1.82) is 0 Å². The van der Waals surface area contributed by atoms with Crippen molar-refractivity contribution >= 4 is 11.9 Å². The van der Waals surface area contributed by atoms with Crippen molar-refractivity contribution < 1.29 is 18.7 Å². The van der Waals surface area contributed by atoms with Crippen LogP contribution in [0.5, 0.6) is 0 Å². The first-order chi connectivity index (χ1) is 14.2. The van der Waals surface area contributed by atoms with E-state index >= 15 is 0 Å². The third-order valence-electron chi connectivity index (χ3n) is 4.83. The SMILES string of the molecule is Cc1oc(-c2ccccc2)nc1CCC(=O)c1ccc(/C=C/C2OCCO2)cc1. The van der Waals surface area contributed by atoms with Crippen molar-refractivity contribution in [2.24, 2.45) is 0 Å². The molecule has 1 aromatic heterocycles. The molecule has 0 atom stereocenters. The highest BCUT2D eigenvalue weighted by molar-refractivity contribution is 5.96. The van der Waals surface area contributed by atoms with Gasteiger partial charge in [-0.15, -0.1) is 0 Å². The fourth-order valence-corrected chi connectivity index (χ4v) is 3.20. The lowest BCUT2D eigenvalue weighted by Crippen LogP contribution is -2.02. The molecule has 3 aromatic rings. The van der Waals surface area contributed by atoms with Crippen LogP contribution < -0.4 is 0 Å². The summed E-state index contributed by atoms with van der Waals surface area (Å²) in [5, 5.41) is 0. The number of ketones is 1. The molecule has 0 spiro atoms. The summed E-state index contributed by atoms with van der Waals surface area (Å²) in [6, 6.07) is 17.3. The largest absolute Gasteiger partial charge is 0.441 e. The Labute approximate surface area is 170 Å². The second kappa shape index (κ2) is 8.99. The van der Waals surface area contributed by atoms with Gasteiger partial charge in [0.15, 0.2) is 12.1 Å². The number of hydrogen-bond donors (Lipinski definition) is 0. The van der Waals surface area contributed by atoms with E-state index in [-0.39, 0.29) is 12.1 Å². The van der Waals surface area contributed by atoms with Crippen LogP contribution in [0.15, 0.2) is 65.1 Å². The van der Waals surface area contributed by atoms with Gasteiger partial charge in [0, 0.05) is 24.0 Å². The first-order valence-electron chi connectivity index (χ1n) is 9.75. The van der Waals surface area contributed by atoms with Gasteiger partial charge < -0.3 is 13.9 Å². The van der Waals surface area contributed by atoms with Gasteiger partial charge in [0.1, 0.15) is 5.76 Å². The molecule has 4 rings (SSSR count). The van der Waals surface area contributed by atoms with Crippen LogP contribution >= 0.6 is 0 Å². The molecule has 1 aliphatic heterocycles. The zero-order valence-electron chi connectivity index (χ0n) is 16.3. The Kier molecular flexibility index (Phi) is 5.98. The van der Waals surface area contributed by atoms with E-state index in [9.17, 15) is 4.79 Å². The maximum atomic E-state index is 12.6. The van der Waals surface area contributed by atoms with Crippen LogP contribution in [0.3, 0.4) is 0 Å². The zero-order valence-corrected chi connectivity index (χ0v) is 16.3. The maximum absolute atomic E-state index is 12.6. The molecule has 148 valence electrons. The second-order valence-electron chi connectivity index (χ2n) is 6.90. The summed E-state index contributed by atoms with van der Waals surface area (Å²) in [6.45, 7) is 3.14. The Balaban J connectivity index is 1.35. The number of benzene rings is 2. The summed E-state index contributed by atoms with van der Waals surface area (Å²) < 4.78 is 16.5. The van der Waals surface area contributed by atoms with Crippen molar-refractivity contribution in [1.82, 2.24) is 4.98 Å². The van der Waals surface area contributed by atoms with Crippen LogP contribution in [0.4, 0.5) is 0 Å². The third kappa shape index (κ3) is 4.88. The molecule has 0 radical (unpaired) electrons. The standard InChI is InChI=1S/C24H23NO4/c1-17-21(25-24(29-17)20-5-3-2-4-6-20)12-13-22(26)19-10-7-18(8-11-19)9-14-23-27-15-16-28-23/h2-11,14,23H,12-13,15-16H2,1H3/b14-9+. The second-order valence-corrected chi connectivity index (χ2v) is 6.90. The van der Waals surface area contributed by atoms with Gasteiger partial charge in [-0.25, -0.2) is 4.98 Å². The average molecular weight is 389 g/mol. The molecule has 0 amide bonds. The normalized spacial score (nSPS) is 14.7. The van der Waals surface area contributed by atoms with E-state index in [1.165, 1.54) is 0 Å². The molecule has 0 unspecified atom stereocenters. The summed E-state index contributed by atoms with van der Waals surface area (Å²) >= 11 is 0. The topological polar surface area (TPSA) is 61.6 Å². The summed E-state index contributed by atoms with van der Waals surface area (Å²) in [6.07, 6.45) is 4.48. The Morgan fingerprint density at radius 2 is 1.79 bits per heavy atom. The van der Waals surface area contributed by atoms with E-state index in [0.717, 1.165) is 22.6 Å². The Hall–Kier alpha value is -3.02. The van der Waals surface area contributed by atoms with Gasteiger partial charge in [0.05, 0.1) is 18.9 Å². The van der Waals surface area contributed by atoms with Gasteiger partial charge in [-0.3, -0.25) is 4.79 Å². The maximum Gasteiger partial charge on any atom is 0.226 e. The predicted octanol–water partition coefficient (Wildman–Crippen LogP) is 4.85. The smallest absolute Gasteiger partial charge is 0.226 e. The number of Topliss-reactive ketones (excluding diaryl/α,β-unsaturated/α-hetero) is 1. The minimum absolute atomic E-state index is 0.0895. The molecule has 1 saturated heterocycles. The first-order valence-corrected chi connectivity index (χ1v) is 9.75. The Morgan fingerprint density at radius 3 is 2.52 bits per heavy atom. The van der Waals surface area contributed by atoms with E-state index in [2.05, 4.69) is 4.98 Å². The van der Waals surface area contributed by atoms with E-state index in [1.54, 1.807) is 0 Å². The monoisotopic (exact) mass is 389 g/mol. The highest BCUT2D eigenvalue weighted by Gasteiger charge is 2.14. The number of ether oxygens (including phenoxy) is 2. The van der Waals surface area contributed by atoms with Crippen molar-refractivity contribution in [3.63, 3.8) is 0 Å². The number of rotatable bonds is 7. The molecule has 1 aliphatic rings. The van der Waals surface area contributed by atoms with Gasteiger partial charge in [-0.1, -0.05) is 48.5 Å². The van der Waals surface area contributed by atoms with E-state index in [0.29, 0.717) is 37.5 Å². The van der Waals surface area contributed by atoms with Crippen molar-refractivity contribution in [3.05, 3.63) is 83.3 Å². The molecule has 1 fully saturated rings. The van der Waals surface area contributed by atoms with Gasteiger partial charge >= 0.3 is 0 Å². The van der Waals surface area contributed by atoms with Crippen molar-refractivity contribution in [2.75, 3.05) is 13.2 Å². The molecule has 2 aromatic carbocycles. The lowest BCUT2D eigenvalue weighted by molar-refractivity contribution is -0.000910. The van der Waals surface area contributed by atoms with Gasteiger partial charge in [0.2, 0.25) is 5.89 Å². The third-order valence-corrected chi connectivity index (χ3v) is 4.83. The average Bonchev–Trinajstić information content (AvgIpc) is 3.41. The van der Waals surface area contributed by atoms with Crippen LogP contribution in [0.1, 0.15) is 33.8 Å². The number of aryl methyl sites for hydroxylation is 2. The van der Waals surface area contributed by atoms with Crippen molar-refractivity contribution in [2.45, 2.75) is 26.1 Å². The summed E-state index contributed by atoms with van der Waals surface area (Å²) in [5.74, 6) is 1.44. The molecule has 0 aliphatic carbocycles. The predicted molar refractivity (Wildman–Crippen MR) is 110 cm³/mol. The molecule has 29 heavy (non-hydrogen) atoms. The van der Waals surface area contributed by atoms with E-state index in [4.69, 9.17) is 13.9 Å². The molecule has 0 saturated carbocycles. The molecular weight excluding hydrogens is 366 g/mol. The number of aromatic nitrogens is 1. The number of hydrogen-bond acceptors (Lipinski definition) is 5. The van der Waals surface area contributed by atoms with Crippen LogP contribution in [0.25, 0.3) is 17.5 Å². The van der Waals surface area contributed by atoms with Crippen LogP contribution in [-0.4, -0.2) is 30.3 Å². The summed E-state index contributed by atoms with van der Waals surface area (Å²) in [4.78, 5) is 17.1. The van der Waals surface area contributed by atoms with Crippen LogP contribution in [0, 0.1) is 6.92 Å². The van der Waals surface area contributed by atoms with Gasteiger partial charge in [-0.05, 0) is 30.7 Å². The molecule has 2 heterocycles. The minimum Gasteiger partial charge on any atom is -0.441 e. The number of carbonyl (C=O) groups excluding carboxylic acids is 1. The zero-order chi connectivity index (χ0) is 20.1. The van der Waals surface area contributed by atoms with Gasteiger partial charge in [-0.2, -0.15) is 0 Å². The molecule has 0 bridgehead atoms. The van der Waals surface area contributed by atoms with Crippen LogP contribution in [0.2, 0.25) is 0 Å². The molecule has 5 nitrogen and oxygen atoms in total. The Morgan fingerprint density at radius 1 is 1.07 bits per heavy atom. The fraction of sp³-hybridized carbons (Fsp3) is 0.250. The number of carbonyl (C=O) groups is 1. The molecule has 5 heteroatoms. The molecule has 0 N–H and O–H groups in total. The minimum atomic E-state index is -0.275. The fourth-order valence-electron chi connectivity index (χ4n) is 3.20. The summed E-state index contributed by atoms with van der Waals surface area (Å²) in [7, 11) is 0. The lowest BCUT2D eigenvalue weighted by atomic mass is 10.0. The highest BCUT2D eigenvalue weighted by Crippen LogP contribution is 2.22. The first kappa shape index (κ1) is 19.3. The lowest BCUT2D eigenvalue weighted by Gasteiger charge is -2.03. The van der Waals surface area contributed by atoms with Gasteiger partial charge in [0.25, 0.3) is 0 Å². The van der Waals surface area contributed by atoms with E-state index in [1.807, 2.05) is 73.7 Å². The highest BCUT2D eigenvalue weighted by atomic mass is 16.7. The van der Waals surface area contributed by atoms with E-state index < -0.39 is 0 Å².